The van der Waals surface area contributed by atoms with Gasteiger partial charge in [-0.25, -0.2) is 9.78 Å². The number of aliphatic hydroxyl groups is 1. The zero-order valence-corrected chi connectivity index (χ0v) is 18.8. The number of hydrogen-bond acceptors (Lipinski definition) is 7. The molecule has 31 heavy (non-hydrogen) atoms. The maximum Gasteiger partial charge on any atom is 0.408 e. The minimum Gasteiger partial charge on any atom is -0.496 e. The molecule has 0 fully saturated rings. The van der Waals surface area contributed by atoms with Crippen LogP contribution in [0, 0.1) is 5.92 Å². The lowest BCUT2D eigenvalue weighted by Gasteiger charge is -2.24. The molecule has 0 bridgehead atoms. The summed E-state index contributed by atoms with van der Waals surface area (Å²) in [5.74, 6) is 0.543. The van der Waals surface area contributed by atoms with Crippen LogP contribution in [-0.2, 0) is 16.1 Å². The molecule has 9 heteroatoms. The standard InChI is InChI=1S/C22H31N3O6/c1-13(2)9-17(25-21(28)31-22(3,4)5)20(27)24-16-8-7-14(18-10-23-12-30-18)19(29-6)15(16)11-26/h7-8,10,12-13,17,26H,9,11H2,1-6H3,(H,24,27)(H,25,28)/t17-/m1/s1. The Kier molecular flexibility index (Phi) is 8.04. The van der Waals surface area contributed by atoms with Gasteiger partial charge in [0, 0.05) is 5.56 Å². The number of benzene rings is 1. The number of aromatic nitrogens is 1. The molecule has 3 N–H and O–H groups in total. The normalized spacial score (nSPS) is 12.4. The first-order valence-corrected chi connectivity index (χ1v) is 10.1. The van der Waals surface area contributed by atoms with Crippen LogP contribution < -0.4 is 15.4 Å². The van der Waals surface area contributed by atoms with E-state index in [9.17, 15) is 14.7 Å². The van der Waals surface area contributed by atoms with Crippen LogP contribution in [0.1, 0.15) is 46.6 Å². The predicted molar refractivity (Wildman–Crippen MR) is 116 cm³/mol. The molecule has 1 heterocycles. The molecule has 1 aromatic carbocycles. The first kappa shape index (κ1) is 24.2. The van der Waals surface area contributed by atoms with Crippen molar-refractivity contribution in [3.63, 3.8) is 0 Å². The molecule has 0 saturated heterocycles. The van der Waals surface area contributed by atoms with Crippen LogP contribution in [0.15, 0.2) is 29.1 Å². The summed E-state index contributed by atoms with van der Waals surface area (Å²) >= 11 is 0. The van der Waals surface area contributed by atoms with E-state index in [1.165, 1.54) is 19.7 Å². The number of carbonyl (C=O) groups is 2. The van der Waals surface area contributed by atoms with E-state index in [0.717, 1.165) is 0 Å². The third-order valence-electron chi connectivity index (χ3n) is 4.29. The van der Waals surface area contributed by atoms with Crippen molar-refractivity contribution >= 4 is 17.7 Å². The van der Waals surface area contributed by atoms with Crippen molar-refractivity contribution in [3.8, 4) is 17.1 Å². The number of carbonyl (C=O) groups excluding carboxylic acids is 2. The van der Waals surface area contributed by atoms with Gasteiger partial charge in [-0.3, -0.25) is 4.79 Å². The van der Waals surface area contributed by atoms with Gasteiger partial charge in [0.25, 0.3) is 0 Å². The summed E-state index contributed by atoms with van der Waals surface area (Å²) in [6.45, 7) is 8.77. The summed E-state index contributed by atoms with van der Waals surface area (Å²) in [6, 6.07) is 2.53. The molecule has 0 saturated carbocycles. The third kappa shape index (κ3) is 6.71. The van der Waals surface area contributed by atoms with E-state index in [2.05, 4.69) is 15.6 Å². The maximum atomic E-state index is 13.0. The Labute approximate surface area is 182 Å². The van der Waals surface area contributed by atoms with Crippen LogP contribution in [0.25, 0.3) is 11.3 Å². The molecule has 0 aliphatic heterocycles. The largest absolute Gasteiger partial charge is 0.496 e. The van der Waals surface area contributed by atoms with Crippen molar-refractivity contribution in [1.82, 2.24) is 10.3 Å². The zero-order chi connectivity index (χ0) is 23.2. The highest BCUT2D eigenvalue weighted by molar-refractivity contribution is 5.98. The lowest BCUT2D eigenvalue weighted by Crippen LogP contribution is -2.46. The molecule has 2 rings (SSSR count). The van der Waals surface area contributed by atoms with Crippen molar-refractivity contribution in [2.24, 2.45) is 5.92 Å². The number of ether oxygens (including phenoxy) is 2. The fourth-order valence-electron chi connectivity index (χ4n) is 3.05. The fourth-order valence-corrected chi connectivity index (χ4v) is 3.05. The van der Waals surface area contributed by atoms with Gasteiger partial charge in [-0.15, -0.1) is 0 Å². The summed E-state index contributed by atoms with van der Waals surface area (Å²) in [6.07, 6.45) is 2.56. The monoisotopic (exact) mass is 433 g/mol. The summed E-state index contributed by atoms with van der Waals surface area (Å²) in [7, 11) is 1.46. The van der Waals surface area contributed by atoms with Gasteiger partial charge in [-0.05, 0) is 45.2 Å². The van der Waals surface area contributed by atoms with Crippen molar-refractivity contribution in [2.45, 2.75) is 59.3 Å². The molecule has 0 unspecified atom stereocenters. The molecule has 2 amide bonds. The first-order chi connectivity index (χ1) is 14.6. The summed E-state index contributed by atoms with van der Waals surface area (Å²) < 4.78 is 16.1. The van der Waals surface area contributed by atoms with Gasteiger partial charge in [0.1, 0.15) is 17.4 Å². The highest BCUT2D eigenvalue weighted by atomic mass is 16.6. The maximum absolute atomic E-state index is 13.0. The van der Waals surface area contributed by atoms with E-state index in [0.29, 0.717) is 34.7 Å². The molecule has 0 aliphatic rings. The molecule has 170 valence electrons. The summed E-state index contributed by atoms with van der Waals surface area (Å²) in [5, 5.41) is 15.4. The number of nitrogens with one attached hydrogen (secondary N) is 2. The van der Waals surface area contributed by atoms with E-state index < -0.39 is 23.6 Å². The minimum atomic E-state index is -0.818. The minimum absolute atomic E-state index is 0.145. The smallest absolute Gasteiger partial charge is 0.408 e. The lowest BCUT2D eigenvalue weighted by molar-refractivity contribution is -0.118. The van der Waals surface area contributed by atoms with Gasteiger partial charge in [0.2, 0.25) is 5.91 Å². The number of nitrogens with zero attached hydrogens (tertiary/aromatic N) is 1. The van der Waals surface area contributed by atoms with Crippen LogP contribution >= 0.6 is 0 Å². The lowest BCUT2D eigenvalue weighted by atomic mass is 10.0. The first-order valence-electron chi connectivity index (χ1n) is 10.1. The Morgan fingerprint density at radius 1 is 1.26 bits per heavy atom. The van der Waals surface area contributed by atoms with Gasteiger partial charge in [0.15, 0.2) is 12.2 Å². The van der Waals surface area contributed by atoms with E-state index in [-0.39, 0.29) is 12.5 Å². The summed E-state index contributed by atoms with van der Waals surface area (Å²) in [4.78, 5) is 29.1. The number of amides is 2. The van der Waals surface area contributed by atoms with Gasteiger partial charge in [0.05, 0.1) is 31.2 Å². The number of hydrogen-bond donors (Lipinski definition) is 3. The van der Waals surface area contributed by atoms with E-state index in [1.54, 1.807) is 32.9 Å². The Hall–Kier alpha value is -3.07. The number of alkyl carbamates (subject to hydrolysis) is 1. The Morgan fingerprint density at radius 2 is 1.97 bits per heavy atom. The van der Waals surface area contributed by atoms with Crippen LogP contribution in [0.5, 0.6) is 5.75 Å². The fraction of sp³-hybridized carbons (Fsp3) is 0.500. The van der Waals surface area contributed by atoms with Gasteiger partial charge < -0.3 is 29.6 Å². The number of rotatable bonds is 8. The number of aliphatic hydroxyl groups excluding tert-OH is 1. The molecule has 2 aromatic rings. The number of methoxy groups -OCH3 is 1. The van der Waals surface area contributed by atoms with Gasteiger partial charge in [-0.1, -0.05) is 13.8 Å². The molecule has 0 aliphatic carbocycles. The molecule has 1 atom stereocenters. The number of oxazole rings is 1. The van der Waals surface area contributed by atoms with E-state index in [1.807, 2.05) is 13.8 Å². The van der Waals surface area contributed by atoms with Crippen molar-refractivity contribution in [3.05, 3.63) is 30.3 Å². The quantitative estimate of drug-likeness (QED) is 0.580. The average Bonchev–Trinajstić information content (AvgIpc) is 3.19. The second kappa shape index (κ2) is 10.3. The second-order valence-corrected chi connectivity index (χ2v) is 8.51. The molecular weight excluding hydrogens is 402 g/mol. The molecule has 0 spiro atoms. The molecular formula is C22H31N3O6. The van der Waals surface area contributed by atoms with E-state index >= 15 is 0 Å². The highest BCUT2D eigenvalue weighted by Crippen LogP contribution is 2.37. The SMILES string of the molecule is COc1c(-c2cnco2)ccc(NC(=O)[C@@H](CC(C)C)NC(=O)OC(C)(C)C)c1CO. The van der Waals surface area contributed by atoms with Crippen molar-refractivity contribution < 1.29 is 28.6 Å². The molecule has 0 radical (unpaired) electrons. The van der Waals surface area contributed by atoms with Crippen molar-refractivity contribution in [1.29, 1.82) is 0 Å². The third-order valence-corrected chi connectivity index (χ3v) is 4.29. The van der Waals surface area contributed by atoms with Crippen LogP contribution in [-0.4, -0.2) is 40.8 Å². The Balaban J connectivity index is 2.29. The zero-order valence-electron chi connectivity index (χ0n) is 18.8. The topological polar surface area (TPSA) is 123 Å². The number of anilines is 1. The molecule has 1 aromatic heterocycles. The van der Waals surface area contributed by atoms with Crippen LogP contribution in [0.2, 0.25) is 0 Å². The average molecular weight is 434 g/mol. The van der Waals surface area contributed by atoms with Gasteiger partial charge in [-0.2, -0.15) is 0 Å². The Morgan fingerprint density at radius 3 is 2.48 bits per heavy atom. The Bertz CT molecular complexity index is 887. The predicted octanol–water partition coefficient (Wildman–Crippen LogP) is 3.72. The van der Waals surface area contributed by atoms with Crippen molar-refractivity contribution in [2.75, 3.05) is 12.4 Å². The van der Waals surface area contributed by atoms with Crippen LogP contribution in [0.3, 0.4) is 0 Å². The second-order valence-electron chi connectivity index (χ2n) is 8.51. The highest BCUT2D eigenvalue weighted by Gasteiger charge is 2.26. The van der Waals surface area contributed by atoms with E-state index in [4.69, 9.17) is 13.9 Å². The summed E-state index contributed by atoms with van der Waals surface area (Å²) in [5.41, 5.74) is 0.655. The molecule has 9 nitrogen and oxygen atoms in total. The van der Waals surface area contributed by atoms with Gasteiger partial charge >= 0.3 is 6.09 Å². The van der Waals surface area contributed by atoms with Crippen LogP contribution in [0.4, 0.5) is 10.5 Å².